The lowest BCUT2D eigenvalue weighted by molar-refractivity contribution is 1.28. The van der Waals surface area contributed by atoms with Crippen molar-refractivity contribution in [3.63, 3.8) is 0 Å². The smallest absolute Gasteiger partial charge is 0.0462 e. The predicted molar refractivity (Wildman–Crippen MR) is 142 cm³/mol. The summed E-state index contributed by atoms with van der Waals surface area (Å²) in [6, 6.07) is 27.5. The van der Waals surface area contributed by atoms with Crippen LogP contribution in [-0.2, 0) is 0 Å². The highest BCUT2D eigenvalue weighted by Crippen LogP contribution is 2.35. The molecule has 0 spiro atoms. The number of para-hydroxylation sites is 1. The van der Waals surface area contributed by atoms with Crippen molar-refractivity contribution in [1.82, 2.24) is 0 Å². The van der Waals surface area contributed by atoms with Crippen LogP contribution in [0.5, 0.6) is 0 Å². The van der Waals surface area contributed by atoms with Crippen LogP contribution in [-0.4, -0.2) is 0 Å². The second kappa shape index (κ2) is 11.3. The van der Waals surface area contributed by atoms with Crippen LogP contribution in [0.3, 0.4) is 0 Å². The maximum Gasteiger partial charge on any atom is 0.0462 e. The van der Waals surface area contributed by atoms with Crippen molar-refractivity contribution in [2.24, 2.45) is 0 Å². The molecule has 1 heteroatoms. The average molecular weight is 416 g/mol. The minimum atomic E-state index is 1.05. The lowest BCUT2D eigenvalue weighted by atomic mass is 10.0. The topological polar surface area (TPSA) is 3.24 Å². The first kappa shape index (κ1) is 22.6. The Morgan fingerprint density at radius 3 is 1.56 bits per heavy atom. The Bertz CT molecular complexity index is 1140. The van der Waals surface area contributed by atoms with Gasteiger partial charge >= 0.3 is 0 Å². The van der Waals surface area contributed by atoms with Gasteiger partial charge in [0.1, 0.15) is 0 Å². The molecule has 0 atom stereocenters. The Morgan fingerprint density at radius 2 is 1.09 bits per heavy atom. The summed E-state index contributed by atoms with van der Waals surface area (Å²) >= 11 is 0. The van der Waals surface area contributed by atoms with Crippen molar-refractivity contribution in [2.75, 3.05) is 4.90 Å². The number of rotatable bonds is 9. The molecule has 3 aromatic rings. The van der Waals surface area contributed by atoms with E-state index in [1.807, 2.05) is 43.4 Å². The Balaban J connectivity index is 2.04. The summed E-state index contributed by atoms with van der Waals surface area (Å²) in [6.45, 7) is 13.6. The van der Waals surface area contributed by atoms with Gasteiger partial charge in [-0.3, -0.25) is 0 Å². The van der Waals surface area contributed by atoms with Gasteiger partial charge in [-0.1, -0.05) is 105 Å². The third-order valence-electron chi connectivity index (χ3n) is 5.09. The molecule has 32 heavy (non-hydrogen) atoms. The molecule has 0 heterocycles. The summed E-state index contributed by atoms with van der Waals surface area (Å²) in [5.41, 5.74) is 7.73. The Kier molecular flexibility index (Phi) is 8.00. The van der Waals surface area contributed by atoms with E-state index < -0.39 is 0 Å². The van der Waals surface area contributed by atoms with E-state index in [2.05, 4.69) is 104 Å². The average Bonchev–Trinajstić information content (AvgIpc) is 2.84. The van der Waals surface area contributed by atoms with Crippen molar-refractivity contribution in [3.05, 3.63) is 152 Å². The molecule has 0 saturated carbocycles. The van der Waals surface area contributed by atoms with E-state index in [0.717, 1.165) is 39.3 Å². The van der Waals surface area contributed by atoms with Gasteiger partial charge in [0, 0.05) is 17.1 Å². The Morgan fingerprint density at radius 1 is 0.625 bits per heavy atom. The van der Waals surface area contributed by atoms with Crippen molar-refractivity contribution < 1.29 is 0 Å². The van der Waals surface area contributed by atoms with Crippen LogP contribution in [0.4, 0.5) is 17.1 Å². The van der Waals surface area contributed by atoms with Crippen LogP contribution in [0.1, 0.15) is 18.1 Å². The number of anilines is 3. The fourth-order valence-corrected chi connectivity index (χ4v) is 3.59. The standard InChI is InChI=1S/C31H29N/c1-5-12-25(8-4)27-17-21-30(22-18-27)32(29-15-10-9-11-16-29)31-23-19-28(20-24-31)26(13-6-2)14-7-3/h5-24H,1-2,4H2,3H3/b14-7-,25-12+,26-13+. The van der Waals surface area contributed by atoms with Gasteiger partial charge in [0.05, 0.1) is 0 Å². The van der Waals surface area contributed by atoms with Crippen molar-refractivity contribution in [1.29, 1.82) is 0 Å². The highest BCUT2D eigenvalue weighted by Gasteiger charge is 2.12. The summed E-state index contributed by atoms with van der Waals surface area (Å²) < 4.78 is 0. The molecule has 0 unspecified atom stereocenters. The predicted octanol–water partition coefficient (Wildman–Crippen LogP) is 9.06. The van der Waals surface area contributed by atoms with E-state index in [1.54, 1.807) is 6.08 Å². The molecule has 3 aromatic carbocycles. The van der Waals surface area contributed by atoms with Gasteiger partial charge in [-0.15, -0.1) is 0 Å². The lowest BCUT2D eigenvalue weighted by Gasteiger charge is -2.26. The molecule has 0 bridgehead atoms. The number of hydrogen-bond acceptors (Lipinski definition) is 1. The molecule has 3 rings (SSSR count). The zero-order chi connectivity index (χ0) is 22.8. The SMILES string of the molecule is C=C/C=C(\C=C)c1ccc(N(c2ccccc2)c2ccc(C(/C=C\C)=C/C=C)cc2)cc1. The van der Waals surface area contributed by atoms with Gasteiger partial charge in [0.25, 0.3) is 0 Å². The number of hydrogen-bond donors (Lipinski definition) is 0. The first-order valence-corrected chi connectivity index (χ1v) is 10.7. The molecular formula is C31H29N. The van der Waals surface area contributed by atoms with Gasteiger partial charge in [-0.05, 0) is 65.6 Å². The molecular weight excluding hydrogens is 386 g/mol. The minimum Gasteiger partial charge on any atom is -0.311 e. The summed E-state index contributed by atoms with van der Waals surface area (Å²) in [5, 5.41) is 0. The highest BCUT2D eigenvalue weighted by atomic mass is 15.1. The van der Waals surface area contributed by atoms with Gasteiger partial charge in [0.2, 0.25) is 0 Å². The van der Waals surface area contributed by atoms with Crippen LogP contribution in [0.25, 0.3) is 11.1 Å². The summed E-state index contributed by atoms with van der Waals surface area (Å²) in [5.74, 6) is 0. The molecule has 0 aliphatic rings. The zero-order valence-electron chi connectivity index (χ0n) is 18.6. The summed E-state index contributed by atoms with van der Waals surface area (Å²) in [7, 11) is 0. The van der Waals surface area contributed by atoms with Crippen LogP contribution < -0.4 is 4.90 Å². The van der Waals surface area contributed by atoms with Gasteiger partial charge in [0.15, 0.2) is 0 Å². The van der Waals surface area contributed by atoms with Crippen LogP contribution in [0.2, 0.25) is 0 Å². The molecule has 0 saturated heterocycles. The second-order valence-electron chi connectivity index (χ2n) is 7.18. The number of allylic oxidation sites excluding steroid dienone is 9. The van der Waals surface area contributed by atoms with Crippen molar-refractivity contribution in [2.45, 2.75) is 6.92 Å². The highest BCUT2D eigenvalue weighted by molar-refractivity contribution is 5.81. The zero-order valence-corrected chi connectivity index (χ0v) is 18.6. The van der Waals surface area contributed by atoms with Crippen LogP contribution in [0.15, 0.2) is 141 Å². The van der Waals surface area contributed by atoms with Gasteiger partial charge in [-0.2, -0.15) is 0 Å². The number of nitrogens with zero attached hydrogens (tertiary/aromatic N) is 1. The first-order chi connectivity index (χ1) is 15.7. The summed E-state index contributed by atoms with van der Waals surface area (Å²) in [6.07, 6.45) is 13.6. The van der Waals surface area contributed by atoms with E-state index in [1.165, 1.54) is 0 Å². The largest absolute Gasteiger partial charge is 0.311 e. The Labute approximate surface area is 192 Å². The van der Waals surface area contributed by atoms with E-state index in [9.17, 15) is 0 Å². The minimum absolute atomic E-state index is 1.05. The number of benzene rings is 3. The maximum absolute atomic E-state index is 3.92. The van der Waals surface area contributed by atoms with Crippen LogP contribution in [0, 0.1) is 0 Å². The van der Waals surface area contributed by atoms with Crippen LogP contribution >= 0.6 is 0 Å². The fourth-order valence-electron chi connectivity index (χ4n) is 3.59. The van der Waals surface area contributed by atoms with E-state index in [-0.39, 0.29) is 0 Å². The third kappa shape index (κ3) is 5.33. The quantitative estimate of drug-likeness (QED) is 0.315. The van der Waals surface area contributed by atoms with Gasteiger partial charge in [-0.25, -0.2) is 0 Å². The van der Waals surface area contributed by atoms with Crippen molar-refractivity contribution >= 4 is 28.2 Å². The normalized spacial score (nSPS) is 11.9. The molecule has 0 N–H and O–H groups in total. The molecule has 1 nitrogen and oxygen atoms in total. The van der Waals surface area contributed by atoms with E-state index >= 15 is 0 Å². The molecule has 0 aromatic heterocycles. The summed E-state index contributed by atoms with van der Waals surface area (Å²) in [4.78, 5) is 2.25. The molecule has 0 aliphatic carbocycles. The monoisotopic (exact) mass is 415 g/mol. The third-order valence-corrected chi connectivity index (χ3v) is 5.09. The van der Waals surface area contributed by atoms with Gasteiger partial charge < -0.3 is 4.90 Å². The maximum atomic E-state index is 3.92. The van der Waals surface area contributed by atoms with Crippen molar-refractivity contribution in [3.8, 4) is 0 Å². The lowest BCUT2D eigenvalue weighted by Crippen LogP contribution is -2.09. The first-order valence-electron chi connectivity index (χ1n) is 10.7. The molecule has 0 radical (unpaired) electrons. The Hall–Kier alpha value is -4.10. The molecule has 0 amide bonds. The fraction of sp³-hybridized carbons (Fsp3) is 0.0323. The molecule has 0 aliphatic heterocycles. The molecule has 0 fully saturated rings. The molecule has 158 valence electrons. The second-order valence-corrected chi connectivity index (χ2v) is 7.18. The van der Waals surface area contributed by atoms with E-state index in [4.69, 9.17) is 0 Å². The van der Waals surface area contributed by atoms with E-state index in [0.29, 0.717) is 0 Å².